The molecular weight excluding hydrogens is 467 g/mol. The molecule has 0 unspecified atom stereocenters. The van der Waals surface area contributed by atoms with Crippen LogP contribution in [0.15, 0.2) is 41.4 Å². The summed E-state index contributed by atoms with van der Waals surface area (Å²) in [6.07, 6.45) is 1.40. The molecule has 1 aromatic heterocycles. The van der Waals surface area contributed by atoms with Gasteiger partial charge in [-0.25, -0.2) is 8.42 Å². The monoisotopic (exact) mass is 486 g/mol. The van der Waals surface area contributed by atoms with E-state index < -0.39 is 21.8 Å². The van der Waals surface area contributed by atoms with Gasteiger partial charge in [0.25, 0.3) is 5.91 Å². The number of likely N-dealkylation sites (N-methyl/N-ethyl adjacent to an activating group) is 1. The Kier molecular flexibility index (Phi) is 7.50. The van der Waals surface area contributed by atoms with Gasteiger partial charge < -0.3 is 15.0 Å². The number of sulfonamides is 1. The van der Waals surface area contributed by atoms with Crippen LogP contribution in [0.3, 0.4) is 0 Å². The zero-order valence-corrected chi connectivity index (χ0v) is 18.9. The summed E-state index contributed by atoms with van der Waals surface area (Å²) < 4.78 is 32.3. The average Bonchev–Trinajstić information content (AvgIpc) is 2.75. The number of hydrogen-bond acceptors (Lipinski definition) is 6. The summed E-state index contributed by atoms with van der Waals surface area (Å²) in [5.74, 6) is -1.00. The van der Waals surface area contributed by atoms with Gasteiger partial charge in [0.1, 0.15) is 10.6 Å². The highest BCUT2D eigenvalue weighted by Gasteiger charge is 2.28. The number of aromatic nitrogens is 1. The molecule has 1 aliphatic rings. The minimum Gasteiger partial charge on any atom is -0.379 e. The quantitative estimate of drug-likeness (QED) is 0.669. The van der Waals surface area contributed by atoms with Crippen molar-refractivity contribution >= 4 is 50.7 Å². The Bertz CT molecular complexity index is 1090. The molecular formula is C19H20Cl2N4O5S. The maximum absolute atomic E-state index is 12.9. The van der Waals surface area contributed by atoms with Crippen molar-refractivity contribution in [2.24, 2.45) is 0 Å². The van der Waals surface area contributed by atoms with E-state index in [4.69, 9.17) is 27.9 Å². The number of benzene rings is 1. The van der Waals surface area contributed by atoms with Crippen molar-refractivity contribution in [3.8, 4) is 0 Å². The molecule has 166 valence electrons. The molecule has 1 fully saturated rings. The minimum atomic E-state index is -3.84. The third kappa shape index (κ3) is 5.72. The van der Waals surface area contributed by atoms with E-state index in [1.54, 1.807) is 0 Å². The lowest BCUT2D eigenvalue weighted by atomic mass is 10.3. The van der Waals surface area contributed by atoms with Crippen LogP contribution in [-0.2, 0) is 19.6 Å². The van der Waals surface area contributed by atoms with Crippen LogP contribution in [0.4, 0.5) is 5.69 Å². The molecule has 1 aliphatic heterocycles. The second-order valence-corrected chi connectivity index (χ2v) is 9.48. The summed E-state index contributed by atoms with van der Waals surface area (Å²) in [7, 11) is -2.40. The van der Waals surface area contributed by atoms with Gasteiger partial charge >= 0.3 is 0 Å². The first-order chi connectivity index (χ1) is 14.7. The van der Waals surface area contributed by atoms with Gasteiger partial charge in [0.05, 0.1) is 24.8 Å². The lowest BCUT2D eigenvalue weighted by molar-refractivity contribution is -0.116. The van der Waals surface area contributed by atoms with Crippen LogP contribution < -0.4 is 5.32 Å². The lowest BCUT2D eigenvalue weighted by Crippen LogP contribution is -2.40. The first-order valence-electron chi connectivity index (χ1n) is 9.23. The van der Waals surface area contributed by atoms with Crippen LogP contribution in [0.2, 0.25) is 10.0 Å². The molecule has 0 atom stereocenters. The van der Waals surface area contributed by atoms with Crippen molar-refractivity contribution in [3.63, 3.8) is 0 Å². The standard InChI is InChI=1S/C19H20Cl2N4O5S/c1-24(19(27)16-10-13(20)4-5-22-16)12-18(26)23-14-2-3-15(21)17(11-14)31(28,29)25-6-8-30-9-7-25/h2-5,10-11H,6-9,12H2,1H3,(H,23,26). The highest BCUT2D eigenvalue weighted by molar-refractivity contribution is 7.89. The molecule has 2 aromatic rings. The maximum atomic E-state index is 12.9. The number of amides is 2. The SMILES string of the molecule is CN(CC(=O)Nc1ccc(Cl)c(S(=O)(=O)N2CCOCC2)c1)C(=O)c1cc(Cl)ccn1. The number of carbonyl (C=O) groups excluding carboxylic acids is 2. The van der Waals surface area contributed by atoms with Gasteiger partial charge in [-0.3, -0.25) is 14.6 Å². The Labute approximate surface area is 189 Å². The maximum Gasteiger partial charge on any atom is 0.272 e. The number of nitrogens with zero attached hydrogens (tertiary/aromatic N) is 3. The number of morpholine rings is 1. The van der Waals surface area contributed by atoms with Crippen LogP contribution in [0.25, 0.3) is 0 Å². The second-order valence-electron chi connectivity index (χ2n) is 6.73. The Morgan fingerprint density at radius 2 is 1.90 bits per heavy atom. The van der Waals surface area contributed by atoms with Crippen LogP contribution in [0.1, 0.15) is 10.5 Å². The van der Waals surface area contributed by atoms with Crippen molar-refractivity contribution in [3.05, 3.63) is 52.3 Å². The Morgan fingerprint density at radius 3 is 2.58 bits per heavy atom. The zero-order valence-electron chi connectivity index (χ0n) is 16.5. The van der Waals surface area contributed by atoms with Gasteiger partial charge in [0, 0.05) is 37.0 Å². The Morgan fingerprint density at radius 1 is 1.19 bits per heavy atom. The van der Waals surface area contributed by atoms with Crippen molar-refractivity contribution in [2.75, 3.05) is 45.2 Å². The van der Waals surface area contributed by atoms with E-state index >= 15 is 0 Å². The summed E-state index contributed by atoms with van der Waals surface area (Å²) in [6.45, 7) is 0.769. The van der Waals surface area contributed by atoms with Crippen molar-refractivity contribution in [2.45, 2.75) is 4.90 Å². The molecule has 31 heavy (non-hydrogen) atoms. The predicted octanol–water partition coefficient (Wildman–Crippen LogP) is 2.12. The third-order valence-corrected chi connectivity index (χ3v) is 7.09. The topological polar surface area (TPSA) is 109 Å². The Hall–Kier alpha value is -2.24. The highest BCUT2D eigenvalue weighted by atomic mass is 35.5. The number of halogens is 2. The molecule has 9 nitrogen and oxygen atoms in total. The summed E-state index contributed by atoms with van der Waals surface area (Å²) in [4.78, 5) is 29.8. The molecule has 0 aliphatic carbocycles. The zero-order chi connectivity index (χ0) is 22.6. The fraction of sp³-hybridized carbons (Fsp3) is 0.316. The van der Waals surface area contributed by atoms with Crippen molar-refractivity contribution in [1.82, 2.24) is 14.2 Å². The van der Waals surface area contributed by atoms with E-state index in [0.717, 1.165) is 0 Å². The first kappa shape index (κ1) is 23.4. The van der Waals surface area contributed by atoms with E-state index in [0.29, 0.717) is 18.2 Å². The third-order valence-electron chi connectivity index (χ3n) is 4.47. The van der Waals surface area contributed by atoms with E-state index in [9.17, 15) is 18.0 Å². The lowest BCUT2D eigenvalue weighted by Gasteiger charge is -2.26. The number of nitrogens with one attached hydrogen (secondary N) is 1. The normalized spacial score (nSPS) is 14.8. The van der Waals surface area contributed by atoms with Crippen molar-refractivity contribution in [1.29, 1.82) is 0 Å². The van der Waals surface area contributed by atoms with E-state index in [-0.39, 0.29) is 40.9 Å². The van der Waals surface area contributed by atoms with E-state index in [1.807, 2.05) is 0 Å². The Balaban J connectivity index is 1.70. The largest absolute Gasteiger partial charge is 0.379 e. The molecule has 1 aromatic carbocycles. The van der Waals surface area contributed by atoms with Crippen LogP contribution >= 0.6 is 23.2 Å². The number of hydrogen-bond donors (Lipinski definition) is 1. The van der Waals surface area contributed by atoms with Gasteiger partial charge in [-0.05, 0) is 30.3 Å². The molecule has 2 amide bonds. The second kappa shape index (κ2) is 9.92. The van der Waals surface area contributed by atoms with E-state index in [2.05, 4.69) is 10.3 Å². The van der Waals surface area contributed by atoms with Crippen LogP contribution in [0, 0.1) is 0 Å². The summed E-state index contributed by atoms with van der Waals surface area (Å²) >= 11 is 12.0. The van der Waals surface area contributed by atoms with Crippen molar-refractivity contribution < 1.29 is 22.7 Å². The molecule has 0 spiro atoms. The smallest absolute Gasteiger partial charge is 0.272 e. The first-order valence-corrected chi connectivity index (χ1v) is 11.4. The molecule has 0 bridgehead atoms. The van der Waals surface area contributed by atoms with Gasteiger partial charge in [0.2, 0.25) is 15.9 Å². The fourth-order valence-corrected chi connectivity index (χ4v) is 4.98. The molecule has 3 rings (SSSR count). The minimum absolute atomic E-state index is 0.0452. The molecule has 1 N–H and O–H groups in total. The molecule has 0 radical (unpaired) electrons. The molecule has 0 saturated carbocycles. The molecule has 1 saturated heterocycles. The average molecular weight is 487 g/mol. The highest BCUT2D eigenvalue weighted by Crippen LogP contribution is 2.28. The number of carbonyl (C=O) groups is 2. The number of ether oxygens (including phenoxy) is 1. The summed E-state index contributed by atoms with van der Waals surface area (Å²) in [6, 6.07) is 7.12. The number of anilines is 1. The van der Waals surface area contributed by atoms with Gasteiger partial charge in [-0.1, -0.05) is 23.2 Å². The van der Waals surface area contributed by atoms with Gasteiger partial charge in [-0.15, -0.1) is 0 Å². The van der Waals surface area contributed by atoms with Crippen LogP contribution in [-0.4, -0.2) is 74.3 Å². The fourth-order valence-electron chi connectivity index (χ4n) is 2.91. The summed E-state index contributed by atoms with van der Waals surface area (Å²) in [5.41, 5.74) is 0.344. The van der Waals surface area contributed by atoms with Gasteiger partial charge in [0.15, 0.2) is 0 Å². The molecule has 12 heteroatoms. The van der Waals surface area contributed by atoms with E-state index in [1.165, 1.54) is 52.8 Å². The number of pyridine rings is 1. The predicted molar refractivity (Wildman–Crippen MR) is 116 cm³/mol. The summed E-state index contributed by atoms with van der Waals surface area (Å²) in [5, 5.41) is 2.99. The van der Waals surface area contributed by atoms with Gasteiger partial charge in [-0.2, -0.15) is 4.31 Å². The molecule has 2 heterocycles. The van der Waals surface area contributed by atoms with Crippen LogP contribution in [0.5, 0.6) is 0 Å². The number of rotatable bonds is 6.